The van der Waals surface area contributed by atoms with Crippen LogP contribution in [-0.2, 0) is 6.61 Å². The summed E-state index contributed by atoms with van der Waals surface area (Å²) in [6.45, 7) is 0.321. The largest absolute Gasteiger partial charge is 0.489 e. The van der Waals surface area contributed by atoms with Gasteiger partial charge in [-0.2, -0.15) is 0 Å². The van der Waals surface area contributed by atoms with E-state index in [1.54, 1.807) is 18.2 Å². The minimum atomic E-state index is -0.940. The predicted octanol–water partition coefficient (Wildman–Crippen LogP) is 3.70. The van der Waals surface area contributed by atoms with E-state index in [1.165, 1.54) is 0 Å². The molecule has 3 rings (SSSR count). The molecule has 0 fully saturated rings. The van der Waals surface area contributed by atoms with Crippen molar-refractivity contribution in [2.75, 3.05) is 5.73 Å². The van der Waals surface area contributed by atoms with Gasteiger partial charge in [-0.15, -0.1) is 0 Å². The molecular formula is C18H15NO3. The van der Waals surface area contributed by atoms with E-state index in [1.807, 2.05) is 42.5 Å². The van der Waals surface area contributed by atoms with Gasteiger partial charge in [0, 0.05) is 5.69 Å². The van der Waals surface area contributed by atoms with Gasteiger partial charge in [0.2, 0.25) is 0 Å². The number of ether oxygens (including phenoxy) is 1. The summed E-state index contributed by atoms with van der Waals surface area (Å²) >= 11 is 0. The molecular weight excluding hydrogens is 278 g/mol. The average molecular weight is 293 g/mol. The van der Waals surface area contributed by atoms with Gasteiger partial charge >= 0.3 is 5.97 Å². The Morgan fingerprint density at radius 2 is 1.77 bits per heavy atom. The minimum Gasteiger partial charge on any atom is -0.489 e. The highest BCUT2D eigenvalue weighted by Crippen LogP contribution is 2.23. The Kier molecular flexibility index (Phi) is 3.66. The van der Waals surface area contributed by atoms with Crippen LogP contribution in [0.5, 0.6) is 5.75 Å². The van der Waals surface area contributed by atoms with Gasteiger partial charge in [-0.05, 0) is 52.7 Å². The number of benzene rings is 3. The Morgan fingerprint density at radius 1 is 1.00 bits per heavy atom. The average Bonchev–Trinajstić information content (AvgIpc) is 2.53. The summed E-state index contributed by atoms with van der Waals surface area (Å²) in [4.78, 5) is 11.0. The Morgan fingerprint density at radius 3 is 2.59 bits per heavy atom. The minimum absolute atomic E-state index is 0.259. The Hall–Kier alpha value is -3.01. The molecule has 3 N–H and O–H groups in total. The fourth-order valence-corrected chi connectivity index (χ4v) is 2.29. The number of carboxylic acids is 1. The van der Waals surface area contributed by atoms with Gasteiger partial charge in [-0.1, -0.05) is 24.3 Å². The van der Waals surface area contributed by atoms with Crippen LogP contribution in [0, 0.1) is 0 Å². The van der Waals surface area contributed by atoms with Crippen LogP contribution in [0.15, 0.2) is 60.7 Å². The fourth-order valence-electron chi connectivity index (χ4n) is 2.29. The smallest absolute Gasteiger partial charge is 0.335 e. The number of rotatable bonds is 4. The van der Waals surface area contributed by atoms with Crippen molar-refractivity contribution in [3.8, 4) is 5.75 Å². The lowest BCUT2D eigenvalue weighted by Gasteiger charge is -2.08. The standard InChI is InChI=1S/C18H15NO3/c19-16-6-4-14-10-17(7-5-13(14)9-16)22-11-12-2-1-3-15(8-12)18(20)21/h1-10H,11,19H2,(H,20,21). The van der Waals surface area contributed by atoms with Crippen LogP contribution in [0.1, 0.15) is 15.9 Å². The molecule has 0 spiro atoms. The molecule has 0 amide bonds. The first-order valence-electron chi connectivity index (χ1n) is 6.86. The second-order valence-corrected chi connectivity index (χ2v) is 5.06. The second-order valence-electron chi connectivity index (χ2n) is 5.06. The molecule has 0 saturated carbocycles. The lowest BCUT2D eigenvalue weighted by atomic mass is 10.1. The van der Waals surface area contributed by atoms with E-state index in [0.29, 0.717) is 6.61 Å². The third-order valence-electron chi connectivity index (χ3n) is 3.42. The second kappa shape index (κ2) is 5.77. The molecule has 0 aromatic heterocycles. The molecule has 0 aliphatic rings. The molecule has 4 nitrogen and oxygen atoms in total. The van der Waals surface area contributed by atoms with Crippen LogP contribution >= 0.6 is 0 Å². The predicted molar refractivity (Wildman–Crippen MR) is 86.1 cm³/mol. The molecule has 3 aromatic rings. The maximum atomic E-state index is 11.0. The molecule has 4 heteroatoms. The molecule has 110 valence electrons. The molecule has 22 heavy (non-hydrogen) atoms. The maximum Gasteiger partial charge on any atom is 0.335 e. The van der Waals surface area contributed by atoms with Crippen molar-refractivity contribution in [1.82, 2.24) is 0 Å². The molecule has 3 aromatic carbocycles. The molecule has 0 saturated heterocycles. The monoisotopic (exact) mass is 293 g/mol. The highest BCUT2D eigenvalue weighted by molar-refractivity contribution is 5.88. The Labute approximate surface area is 127 Å². The SMILES string of the molecule is Nc1ccc2cc(OCc3cccc(C(=O)O)c3)ccc2c1. The van der Waals surface area contributed by atoms with Crippen molar-refractivity contribution in [3.05, 3.63) is 71.8 Å². The van der Waals surface area contributed by atoms with Gasteiger partial charge in [-0.25, -0.2) is 4.79 Å². The zero-order valence-electron chi connectivity index (χ0n) is 11.8. The zero-order chi connectivity index (χ0) is 15.5. The van der Waals surface area contributed by atoms with E-state index in [0.717, 1.165) is 27.8 Å². The van der Waals surface area contributed by atoms with E-state index in [4.69, 9.17) is 15.6 Å². The van der Waals surface area contributed by atoms with Gasteiger partial charge < -0.3 is 15.6 Å². The number of nitrogens with two attached hydrogens (primary N) is 1. The third-order valence-corrected chi connectivity index (χ3v) is 3.42. The summed E-state index contributed by atoms with van der Waals surface area (Å²) in [6.07, 6.45) is 0. The molecule has 0 bridgehead atoms. The van der Waals surface area contributed by atoms with Crippen molar-refractivity contribution >= 4 is 22.4 Å². The number of anilines is 1. The fraction of sp³-hybridized carbons (Fsp3) is 0.0556. The van der Waals surface area contributed by atoms with Crippen molar-refractivity contribution in [3.63, 3.8) is 0 Å². The van der Waals surface area contributed by atoms with Crippen LogP contribution in [0.25, 0.3) is 10.8 Å². The van der Waals surface area contributed by atoms with Crippen LogP contribution in [0.2, 0.25) is 0 Å². The summed E-state index contributed by atoms with van der Waals surface area (Å²) in [5.74, 6) is -0.205. The number of fused-ring (bicyclic) bond motifs is 1. The summed E-state index contributed by atoms with van der Waals surface area (Å²) < 4.78 is 5.74. The van der Waals surface area contributed by atoms with Gasteiger partial charge in [0.25, 0.3) is 0 Å². The third kappa shape index (κ3) is 3.01. The number of carboxylic acid groups (broad SMARTS) is 1. The molecule has 0 heterocycles. The van der Waals surface area contributed by atoms with E-state index < -0.39 is 5.97 Å². The van der Waals surface area contributed by atoms with Crippen LogP contribution in [0.3, 0.4) is 0 Å². The van der Waals surface area contributed by atoms with E-state index in [2.05, 4.69) is 0 Å². The first-order chi connectivity index (χ1) is 10.6. The highest BCUT2D eigenvalue weighted by Gasteiger charge is 2.04. The van der Waals surface area contributed by atoms with Gasteiger partial charge in [0.15, 0.2) is 0 Å². The van der Waals surface area contributed by atoms with Crippen LogP contribution in [-0.4, -0.2) is 11.1 Å². The first kappa shape index (κ1) is 13.9. The number of carbonyl (C=O) groups is 1. The van der Waals surface area contributed by atoms with E-state index in [9.17, 15) is 4.79 Å². The Bertz CT molecular complexity index is 843. The van der Waals surface area contributed by atoms with Gasteiger partial charge in [0.05, 0.1) is 5.56 Å². The van der Waals surface area contributed by atoms with Crippen molar-refractivity contribution in [2.24, 2.45) is 0 Å². The molecule has 0 aliphatic heterocycles. The quantitative estimate of drug-likeness (QED) is 0.719. The van der Waals surface area contributed by atoms with Gasteiger partial charge in [-0.3, -0.25) is 0 Å². The molecule has 0 aliphatic carbocycles. The Balaban J connectivity index is 1.77. The van der Waals surface area contributed by atoms with Crippen molar-refractivity contribution in [2.45, 2.75) is 6.61 Å². The number of aromatic carboxylic acids is 1. The van der Waals surface area contributed by atoms with Crippen LogP contribution in [0.4, 0.5) is 5.69 Å². The summed E-state index contributed by atoms with van der Waals surface area (Å²) in [5, 5.41) is 11.1. The summed E-state index contributed by atoms with van der Waals surface area (Å²) in [7, 11) is 0. The van der Waals surface area contributed by atoms with Crippen LogP contribution < -0.4 is 10.5 Å². The van der Waals surface area contributed by atoms with Crippen molar-refractivity contribution in [1.29, 1.82) is 0 Å². The summed E-state index contributed by atoms with van der Waals surface area (Å²) in [5.41, 5.74) is 7.56. The number of nitrogen functional groups attached to an aromatic ring is 1. The maximum absolute atomic E-state index is 11.0. The number of hydrogen-bond donors (Lipinski definition) is 2. The molecule has 0 atom stereocenters. The summed E-state index contributed by atoms with van der Waals surface area (Å²) in [6, 6.07) is 18.2. The molecule has 0 radical (unpaired) electrons. The molecule has 0 unspecified atom stereocenters. The first-order valence-corrected chi connectivity index (χ1v) is 6.86. The zero-order valence-corrected chi connectivity index (χ0v) is 11.8. The van der Waals surface area contributed by atoms with E-state index >= 15 is 0 Å². The normalized spacial score (nSPS) is 10.5. The highest BCUT2D eigenvalue weighted by atomic mass is 16.5. The lowest BCUT2D eigenvalue weighted by Crippen LogP contribution is -2.00. The topological polar surface area (TPSA) is 72.5 Å². The van der Waals surface area contributed by atoms with E-state index in [-0.39, 0.29) is 5.56 Å². The van der Waals surface area contributed by atoms with Gasteiger partial charge in [0.1, 0.15) is 12.4 Å². The lowest BCUT2D eigenvalue weighted by molar-refractivity contribution is 0.0696. The number of hydrogen-bond acceptors (Lipinski definition) is 3. The van der Waals surface area contributed by atoms with Crippen molar-refractivity contribution < 1.29 is 14.6 Å².